The highest BCUT2D eigenvalue weighted by molar-refractivity contribution is 7.13. The van der Waals surface area contributed by atoms with Crippen LogP contribution in [0.1, 0.15) is 38.4 Å². The van der Waals surface area contributed by atoms with Crippen LogP contribution in [0.2, 0.25) is 0 Å². The Hall–Kier alpha value is -1.96. The summed E-state index contributed by atoms with van der Waals surface area (Å²) in [5.41, 5.74) is 0.242. The van der Waals surface area contributed by atoms with Crippen molar-refractivity contribution in [3.8, 4) is 5.13 Å². The van der Waals surface area contributed by atoms with E-state index in [1.54, 1.807) is 13.2 Å². The zero-order chi connectivity index (χ0) is 15.8. The van der Waals surface area contributed by atoms with Gasteiger partial charge in [-0.25, -0.2) is 9.36 Å². The molecule has 0 aromatic carbocycles. The minimum Gasteiger partial charge on any atom is -0.459 e. The third-order valence-corrected chi connectivity index (χ3v) is 4.24. The number of carbonyl (C=O) groups is 1. The van der Waals surface area contributed by atoms with Gasteiger partial charge in [-0.1, -0.05) is 32.1 Å². The summed E-state index contributed by atoms with van der Waals surface area (Å²) in [7, 11) is 1.63. The second-order valence-electron chi connectivity index (χ2n) is 5.75. The Bertz CT molecular complexity index is 721. The van der Waals surface area contributed by atoms with E-state index in [-0.39, 0.29) is 23.7 Å². The molecular formula is C13H18N4O3S. The maximum absolute atomic E-state index is 12.2. The Labute approximate surface area is 126 Å². The van der Waals surface area contributed by atoms with Gasteiger partial charge in [-0.15, -0.1) is 10.2 Å². The lowest BCUT2D eigenvalue weighted by Gasteiger charge is -2.12. The van der Waals surface area contributed by atoms with Gasteiger partial charge < -0.3 is 4.74 Å². The van der Waals surface area contributed by atoms with Gasteiger partial charge >= 0.3 is 11.7 Å². The van der Waals surface area contributed by atoms with Gasteiger partial charge in [0.15, 0.2) is 0 Å². The van der Waals surface area contributed by atoms with E-state index in [4.69, 9.17) is 4.74 Å². The van der Waals surface area contributed by atoms with Crippen molar-refractivity contribution >= 4 is 17.3 Å². The quantitative estimate of drug-likeness (QED) is 0.800. The second-order valence-corrected chi connectivity index (χ2v) is 6.71. The molecule has 8 heteroatoms. The van der Waals surface area contributed by atoms with Gasteiger partial charge in [0, 0.05) is 25.6 Å². The van der Waals surface area contributed by atoms with Crippen LogP contribution in [0.4, 0.5) is 0 Å². The van der Waals surface area contributed by atoms with Crippen LogP contribution in [0.15, 0.2) is 11.0 Å². The first-order valence-corrected chi connectivity index (χ1v) is 7.27. The summed E-state index contributed by atoms with van der Waals surface area (Å²) in [6, 6.07) is 0. The monoisotopic (exact) mass is 310 g/mol. The van der Waals surface area contributed by atoms with Crippen LogP contribution in [0, 0.1) is 0 Å². The molecule has 7 nitrogen and oxygen atoms in total. The lowest BCUT2D eigenvalue weighted by molar-refractivity contribution is -0.142. The lowest BCUT2D eigenvalue weighted by atomic mass is 9.98. The van der Waals surface area contributed by atoms with E-state index in [0.29, 0.717) is 10.8 Å². The first-order valence-electron chi connectivity index (χ1n) is 6.45. The molecule has 0 aliphatic heterocycles. The predicted molar refractivity (Wildman–Crippen MR) is 78.6 cm³/mol. The first-order chi connectivity index (χ1) is 9.70. The fourth-order valence-electron chi connectivity index (χ4n) is 1.64. The average Bonchev–Trinajstić information content (AvgIpc) is 2.95. The molecule has 0 aliphatic rings. The number of imidazole rings is 1. The van der Waals surface area contributed by atoms with Crippen LogP contribution in [0.25, 0.3) is 5.13 Å². The smallest absolute Gasteiger partial charge is 0.334 e. The molecule has 0 saturated carbocycles. The van der Waals surface area contributed by atoms with Gasteiger partial charge in [0.2, 0.25) is 5.13 Å². The van der Waals surface area contributed by atoms with Gasteiger partial charge in [-0.05, 0) is 0 Å². The standard InChI is InChI=1S/C13H18N4O3S/c1-8(18)20-7-9-6-17(12(19)16(9)5)11-15-14-10(21-11)13(2,3)4/h6H,7H2,1-5H3. The number of esters is 1. The first kappa shape index (κ1) is 15.4. The Balaban J connectivity index is 2.37. The van der Waals surface area contributed by atoms with Gasteiger partial charge in [-0.3, -0.25) is 9.36 Å². The zero-order valence-electron chi connectivity index (χ0n) is 12.7. The topological polar surface area (TPSA) is 79.0 Å². The maximum Gasteiger partial charge on any atom is 0.334 e. The van der Waals surface area contributed by atoms with E-state index in [1.165, 1.54) is 27.4 Å². The van der Waals surface area contributed by atoms with Crippen molar-refractivity contribution in [2.75, 3.05) is 0 Å². The van der Waals surface area contributed by atoms with Crippen LogP contribution in [0.3, 0.4) is 0 Å². The highest BCUT2D eigenvalue weighted by atomic mass is 32.1. The molecule has 0 atom stereocenters. The molecule has 2 heterocycles. The number of ether oxygens (including phenoxy) is 1. The molecule has 0 radical (unpaired) electrons. The SMILES string of the molecule is CC(=O)OCc1cn(-c2nnc(C(C)(C)C)s2)c(=O)n1C. The van der Waals surface area contributed by atoms with Crippen LogP contribution in [-0.2, 0) is 28.6 Å². The molecule has 0 bridgehead atoms. The summed E-state index contributed by atoms with van der Waals surface area (Å²) in [5.74, 6) is -0.388. The summed E-state index contributed by atoms with van der Waals surface area (Å²) < 4.78 is 7.78. The maximum atomic E-state index is 12.2. The Kier molecular flexibility index (Phi) is 3.99. The molecule has 2 rings (SSSR count). The van der Waals surface area contributed by atoms with E-state index in [1.807, 2.05) is 20.8 Å². The number of rotatable bonds is 3. The van der Waals surface area contributed by atoms with E-state index in [0.717, 1.165) is 5.01 Å². The van der Waals surface area contributed by atoms with Gasteiger partial charge in [0.1, 0.15) is 11.6 Å². The third kappa shape index (κ3) is 3.21. The Morgan fingerprint density at radius 1 is 1.38 bits per heavy atom. The van der Waals surface area contributed by atoms with Crippen molar-refractivity contribution in [1.29, 1.82) is 0 Å². The lowest BCUT2D eigenvalue weighted by Crippen LogP contribution is -2.21. The van der Waals surface area contributed by atoms with Crippen molar-refractivity contribution in [3.63, 3.8) is 0 Å². The predicted octanol–water partition coefficient (Wildman–Crippen LogP) is 1.39. The molecule has 21 heavy (non-hydrogen) atoms. The molecule has 0 saturated heterocycles. The normalized spacial score (nSPS) is 11.7. The molecule has 0 aliphatic carbocycles. The Morgan fingerprint density at radius 2 is 2.05 bits per heavy atom. The minimum atomic E-state index is -0.388. The molecule has 0 N–H and O–H groups in total. The summed E-state index contributed by atoms with van der Waals surface area (Å²) in [6.45, 7) is 7.50. The third-order valence-electron chi connectivity index (χ3n) is 2.89. The van der Waals surface area contributed by atoms with Crippen LogP contribution < -0.4 is 5.69 Å². The highest BCUT2D eigenvalue weighted by Crippen LogP contribution is 2.26. The summed E-state index contributed by atoms with van der Waals surface area (Å²) in [5, 5.41) is 9.57. The van der Waals surface area contributed by atoms with Crippen LogP contribution in [-0.4, -0.2) is 25.3 Å². The molecule has 0 fully saturated rings. The number of hydrogen-bond acceptors (Lipinski definition) is 6. The molecule has 0 spiro atoms. The number of nitrogens with zero attached hydrogens (tertiary/aromatic N) is 4. The van der Waals surface area contributed by atoms with Crippen LogP contribution >= 0.6 is 11.3 Å². The van der Waals surface area contributed by atoms with E-state index >= 15 is 0 Å². The Morgan fingerprint density at radius 3 is 2.57 bits per heavy atom. The minimum absolute atomic E-state index is 0.0546. The average molecular weight is 310 g/mol. The fourth-order valence-corrected chi connectivity index (χ4v) is 2.51. The van der Waals surface area contributed by atoms with Crippen LogP contribution in [0.5, 0.6) is 0 Å². The van der Waals surface area contributed by atoms with Gasteiger partial charge in [-0.2, -0.15) is 0 Å². The van der Waals surface area contributed by atoms with E-state index < -0.39 is 0 Å². The highest BCUT2D eigenvalue weighted by Gasteiger charge is 2.21. The molecule has 0 amide bonds. The fraction of sp³-hybridized carbons (Fsp3) is 0.538. The van der Waals surface area contributed by atoms with Crippen molar-refractivity contribution in [2.24, 2.45) is 7.05 Å². The summed E-state index contributed by atoms with van der Waals surface area (Å²) in [6.07, 6.45) is 1.62. The van der Waals surface area contributed by atoms with Crippen molar-refractivity contribution < 1.29 is 9.53 Å². The molecular weight excluding hydrogens is 292 g/mol. The summed E-state index contributed by atoms with van der Waals surface area (Å²) >= 11 is 1.37. The largest absolute Gasteiger partial charge is 0.459 e. The summed E-state index contributed by atoms with van der Waals surface area (Å²) in [4.78, 5) is 23.1. The molecule has 114 valence electrons. The van der Waals surface area contributed by atoms with Crippen molar-refractivity contribution in [3.05, 3.63) is 27.4 Å². The van der Waals surface area contributed by atoms with Gasteiger partial charge in [0.25, 0.3) is 0 Å². The second kappa shape index (κ2) is 5.44. The molecule has 2 aromatic heterocycles. The number of aromatic nitrogens is 4. The number of hydrogen-bond donors (Lipinski definition) is 0. The van der Waals surface area contributed by atoms with Crippen molar-refractivity contribution in [1.82, 2.24) is 19.3 Å². The van der Waals surface area contributed by atoms with E-state index in [2.05, 4.69) is 10.2 Å². The zero-order valence-corrected chi connectivity index (χ0v) is 13.5. The van der Waals surface area contributed by atoms with Crippen molar-refractivity contribution in [2.45, 2.75) is 39.7 Å². The van der Waals surface area contributed by atoms with E-state index in [9.17, 15) is 9.59 Å². The molecule has 0 unspecified atom stereocenters. The van der Waals surface area contributed by atoms with Gasteiger partial charge in [0.05, 0.1) is 5.69 Å². The molecule has 2 aromatic rings. The number of carbonyl (C=O) groups excluding carboxylic acids is 1.